The van der Waals surface area contributed by atoms with E-state index < -0.39 is 0 Å². The Morgan fingerprint density at radius 2 is 1.80 bits per heavy atom. The average Bonchev–Trinajstić information content (AvgIpc) is 2.77. The highest BCUT2D eigenvalue weighted by molar-refractivity contribution is 14.0. The third-order valence-electron chi connectivity index (χ3n) is 5.59. The second-order valence-corrected chi connectivity index (χ2v) is 7.69. The molecule has 1 fully saturated rings. The van der Waals surface area contributed by atoms with Gasteiger partial charge < -0.3 is 20.1 Å². The minimum Gasteiger partial charge on any atom is -0.496 e. The highest BCUT2D eigenvalue weighted by atomic mass is 127. The largest absolute Gasteiger partial charge is 0.496 e. The number of guanidine groups is 1. The van der Waals surface area contributed by atoms with Crippen molar-refractivity contribution in [3.63, 3.8) is 0 Å². The molecule has 0 bridgehead atoms. The molecule has 0 saturated carbocycles. The molecule has 3 rings (SSSR count). The van der Waals surface area contributed by atoms with Crippen LogP contribution in [0, 0.1) is 0 Å². The Labute approximate surface area is 201 Å². The smallest absolute Gasteiger partial charge is 0.191 e. The topological polar surface area (TPSA) is 54.9 Å². The van der Waals surface area contributed by atoms with Gasteiger partial charge in [0.1, 0.15) is 5.75 Å². The van der Waals surface area contributed by atoms with Gasteiger partial charge >= 0.3 is 0 Å². The third-order valence-corrected chi connectivity index (χ3v) is 5.92. The maximum atomic E-state index is 6.55. The van der Waals surface area contributed by atoms with Crippen LogP contribution in [-0.2, 0) is 16.6 Å². The van der Waals surface area contributed by atoms with E-state index in [2.05, 4.69) is 33.8 Å². The number of rotatable bonds is 7. The molecule has 164 valence electrons. The van der Waals surface area contributed by atoms with E-state index in [1.165, 1.54) is 11.1 Å². The van der Waals surface area contributed by atoms with Crippen molar-refractivity contribution in [3.05, 3.63) is 64.7 Å². The van der Waals surface area contributed by atoms with Gasteiger partial charge in [-0.15, -0.1) is 24.0 Å². The Bertz CT molecular complexity index is 826. The molecule has 5 nitrogen and oxygen atoms in total. The van der Waals surface area contributed by atoms with Gasteiger partial charge in [0, 0.05) is 43.8 Å². The van der Waals surface area contributed by atoms with E-state index in [-0.39, 0.29) is 29.4 Å². The highest BCUT2D eigenvalue weighted by Crippen LogP contribution is 2.38. The van der Waals surface area contributed by atoms with Crippen LogP contribution in [0.3, 0.4) is 0 Å². The van der Waals surface area contributed by atoms with E-state index in [1.807, 2.05) is 30.3 Å². The van der Waals surface area contributed by atoms with Crippen LogP contribution in [0.15, 0.2) is 53.5 Å². The molecule has 0 unspecified atom stereocenters. The SMILES string of the molecule is CN=C(NCCc1ccccc1OC)NCC1(c2ccccc2Cl)CCOCC1.I. The molecule has 2 aromatic rings. The second-order valence-electron chi connectivity index (χ2n) is 7.29. The number of nitrogens with zero attached hydrogens (tertiary/aromatic N) is 1. The first-order valence-corrected chi connectivity index (χ1v) is 10.5. The first-order valence-electron chi connectivity index (χ1n) is 10.1. The zero-order valence-electron chi connectivity index (χ0n) is 17.6. The number of halogens is 2. The fraction of sp³-hybridized carbons (Fsp3) is 0.435. The van der Waals surface area contributed by atoms with Gasteiger partial charge in [-0.05, 0) is 42.5 Å². The summed E-state index contributed by atoms with van der Waals surface area (Å²) in [6.45, 7) is 3.01. The summed E-state index contributed by atoms with van der Waals surface area (Å²) >= 11 is 6.55. The number of aliphatic imine (C=N–C) groups is 1. The Kier molecular flexibility index (Phi) is 10.2. The lowest BCUT2D eigenvalue weighted by atomic mass is 9.74. The minimum absolute atomic E-state index is 0. The van der Waals surface area contributed by atoms with Crippen molar-refractivity contribution in [2.24, 2.45) is 4.99 Å². The van der Waals surface area contributed by atoms with Crippen molar-refractivity contribution >= 4 is 41.5 Å². The van der Waals surface area contributed by atoms with Crippen molar-refractivity contribution in [3.8, 4) is 5.75 Å². The summed E-state index contributed by atoms with van der Waals surface area (Å²) in [5, 5.41) is 7.74. The highest BCUT2D eigenvalue weighted by Gasteiger charge is 2.36. The lowest BCUT2D eigenvalue weighted by Crippen LogP contribution is -2.48. The van der Waals surface area contributed by atoms with Gasteiger partial charge in [0.25, 0.3) is 0 Å². The number of hydrogen-bond donors (Lipinski definition) is 2. The summed E-state index contributed by atoms with van der Waals surface area (Å²) in [7, 11) is 3.50. The molecule has 1 aliphatic rings. The van der Waals surface area contributed by atoms with Crippen LogP contribution in [0.5, 0.6) is 5.75 Å². The first kappa shape index (κ1) is 24.8. The number of para-hydroxylation sites is 1. The van der Waals surface area contributed by atoms with E-state index in [4.69, 9.17) is 21.1 Å². The molecule has 0 aliphatic carbocycles. The molecule has 0 amide bonds. The number of hydrogen-bond acceptors (Lipinski definition) is 3. The monoisotopic (exact) mass is 543 g/mol. The fourth-order valence-corrected chi connectivity index (χ4v) is 4.23. The van der Waals surface area contributed by atoms with Crippen LogP contribution in [0.1, 0.15) is 24.0 Å². The molecule has 0 radical (unpaired) electrons. The van der Waals surface area contributed by atoms with Crippen molar-refractivity contribution in [1.29, 1.82) is 0 Å². The lowest BCUT2D eigenvalue weighted by Gasteiger charge is -2.38. The van der Waals surface area contributed by atoms with Crippen LogP contribution in [0.25, 0.3) is 0 Å². The molecule has 1 heterocycles. The van der Waals surface area contributed by atoms with Gasteiger partial charge in [-0.1, -0.05) is 48.0 Å². The van der Waals surface area contributed by atoms with Crippen LogP contribution >= 0.6 is 35.6 Å². The van der Waals surface area contributed by atoms with Gasteiger partial charge in [0.2, 0.25) is 0 Å². The van der Waals surface area contributed by atoms with Crippen molar-refractivity contribution in [2.45, 2.75) is 24.7 Å². The van der Waals surface area contributed by atoms with Gasteiger partial charge in [0.15, 0.2) is 5.96 Å². The quantitative estimate of drug-likeness (QED) is 0.308. The zero-order chi connectivity index (χ0) is 20.5. The predicted octanol–water partition coefficient (Wildman–Crippen LogP) is 4.42. The van der Waals surface area contributed by atoms with E-state index >= 15 is 0 Å². The Morgan fingerprint density at radius 1 is 1.10 bits per heavy atom. The molecule has 0 aromatic heterocycles. The average molecular weight is 544 g/mol. The third kappa shape index (κ3) is 6.25. The molecule has 1 aliphatic heterocycles. The number of benzene rings is 2. The van der Waals surface area contributed by atoms with E-state index in [0.717, 1.165) is 62.3 Å². The summed E-state index contributed by atoms with van der Waals surface area (Å²) in [5.74, 6) is 1.70. The number of ether oxygens (including phenoxy) is 2. The van der Waals surface area contributed by atoms with E-state index in [1.54, 1.807) is 14.2 Å². The standard InChI is InChI=1S/C23H30ClN3O2.HI/c1-25-22(26-14-11-18-7-3-6-10-21(18)28-2)27-17-23(12-15-29-16-13-23)19-8-4-5-9-20(19)24;/h3-10H,11-17H2,1-2H3,(H2,25,26,27);1H. The normalized spacial score (nSPS) is 15.8. The molecule has 2 aromatic carbocycles. The fourth-order valence-electron chi connectivity index (χ4n) is 3.89. The molecule has 0 atom stereocenters. The molecule has 0 spiro atoms. The van der Waals surface area contributed by atoms with Gasteiger partial charge in [-0.25, -0.2) is 0 Å². The summed E-state index contributed by atoms with van der Waals surface area (Å²) in [6, 6.07) is 16.2. The van der Waals surface area contributed by atoms with Gasteiger partial charge in [-0.2, -0.15) is 0 Å². The maximum Gasteiger partial charge on any atom is 0.191 e. The zero-order valence-corrected chi connectivity index (χ0v) is 20.7. The summed E-state index contributed by atoms with van der Waals surface area (Å²) < 4.78 is 11.1. The van der Waals surface area contributed by atoms with Gasteiger partial charge in [-0.3, -0.25) is 4.99 Å². The van der Waals surface area contributed by atoms with Gasteiger partial charge in [0.05, 0.1) is 7.11 Å². The molecule has 1 saturated heterocycles. The summed E-state index contributed by atoms with van der Waals surface area (Å²) in [4.78, 5) is 4.39. The van der Waals surface area contributed by atoms with Crippen LogP contribution in [0.2, 0.25) is 5.02 Å². The Balaban J connectivity index is 0.00000320. The van der Waals surface area contributed by atoms with Crippen molar-refractivity contribution < 1.29 is 9.47 Å². The molecule has 30 heavy (non-hydrogen) atoms. The summed E-state index contributed by atoms with van der Waals surface area (Å²) in [6.07, 6.45) is 2.72. The molecular weight excluding hydrogens is 513 g/mol. The van der Waals surface area contributed by atoms with Crippen molar-refractivity contribution in [2.75, 3.05) is 40.5 Å². The molecule has 7 heteroatoms. The Hall–Kier alpha value is -1.51. The number of methoxy groups -OCH3 is 1. The van der Waals surface area contributed by atoms with E-state index in [0.29, 0.717) is 0 Å². The Morgan fingerprint density at radius 3 is 2.50 bits per heavy atom. The van der Waals surface area contributed by atoms with Crippen LogP contribution < -0.4 is 15.4 Å². The molecular formula is C23H31ClIN3O2. The van der Waals surface area contributed by atoms with Crippen LogP contribution in [0.4, 0.5) is 0 Å². The predicted molar refractivity (Wildman–Crippen MR) is 135 cm³/mol. The van der Waals surface area contributed by atoms with Crippen molar-refractivity contribution in [1.82, 2.24) is 10.6 Å². The lowest BCUT2D eigenvalue weighted by molar-refractivity contribution is 0.0514. The maximum absolute atomic E-state index is 6.55. The first-order chi connectivity index (χ1) is 14.2. The number of nitrogens with one attached hydrogen (secondary N) is 2. The minimum atomic E-state index is -0.0587. The van der Waals surface area contributed by atoms with E-state index in [9.17, 15) is 0 Å². The summed E-state index contributed by atoms with van der Waals surface area (Å²) in [5.41, 5.74) is 2.30. The molecule has 2 N–H and O–H groups in total. The second kappa shape index (κ2) is 12.4. The van der Waals surface area contributed by atoms with Crippen LogP contribution in [-0.4, -0.2) is 46.4 Å².